The second-order valence-corrected chi connectivity index (χ2v) is 6.92. The standard InChI is InChI=1S/C14H24O3/c1-10-6-7-14(13(4,5)11(10)15)16-8-12(2,3)9-17-14/h10H,6-9H2,1-5H3. The molecule has 0 aromatic rings. The lowest BCUT2D eigenvalue weighted by Gasteiger charge is -2.53. The van der Waals surface area contributed by atoms with E-state index in [1.165, 1.54) is 0 Å². The van der Waals surface area contributed by atoms with Crippen LogP contribution in [0.2, 0.25) is 0 Å². The van der Waals surface area contributed by atoms with E-state index >= 15 is 0 Å². The van der Waals surface area contributed by atoms with E-state index in [0.717, 1.165) is 12.8 Å². The average Bonchev–Trinajstić information content (AvgIpc) is 2.25. The maximum atomic E-state index is 12.3. The smallest absolute Gasteiger partial charge is 0.180 e. The van der Waals surface area contributed by atoms with E-state index in [0.29, 0.717) is 13.2 Å². The van der Waals surface area contributed by atoms with Crippen molar-refractivity contribution in [1.82, 2.24) is 0 Å². The number of carbonyl (C=O) groups is 1. The van der Waals surface area contributed by atoms with Gasteiger partial charge in [-0.2, -0.15) is 0 Å². The summed E-state index contributed by atoms with van der Waals surface area (Å²) in [6.07, 6.45) is 1.69. The molecule has 0 radical (unpaired) electrons. The molecule has 0 amide bonds. The Morgan fingerprint density at radius 2 is 1.65 bits per heavy atom. The molecule has 0 bridgehead atoms. The van der Waals surface area contributed by atoms with Crippen molar-refractivity contribution in [2.75, 3.05) is 13.2 Å². The highest BCUT2D eigenvalue weighted by atomic mass is 16.7. The Morgan fingerprint density at radius 3 is 2.18 bits per heavy atom. The lowest BCUT2D eigenvalue weighted by atomic mass is 9.66. The zero-order valence-corrected chi connectivity index (χ0v) is 11.6. The topological polar surface area (TPSA) is 35.5 Å². The van der Waals surface area contributed by atoms with E-state index in [9.17, 15) is 4.79 Å². The number of ketones is 1. The molecule has 98 valence electrons. The number of rotatable bonds is 0. The van der Waals surface area contributed by atoms with Crippen LogP contribution in [0.1, 0.15) is 47.5 Å². The molecule has 0 aromatic heterocycles. The Bertz CT molecular complexity index is 320. The summed E-state index contributed by atoms with van der Waals surface area (Å²) in [5, 5.41) is 0. The highest BCUT2D eigenvalue weighted by Gasteiger charge is 2.58. The number of Topliss-reactive ketones (excluding diaryl/α,β-unsaturated/α-hetero) is 1. The summed E-state index contributed by atoms with van der Waals surface area (Å²) in [7, 11) is 0. The molecule has 1 aliphatic carbocycles. The predicted octanol–water partition coefficient (Wildman–Crippen LogP) is 2.78. The van der Waals surface area contributed by atoms with Crippen molar-refractivity contribution in [3.05, 3.63) is 0 Å². The van der Waals surface area contributed by atoms with Crippen LogP contribution in [0.25, 0.3) is 0 Å². The summed E-state index contributed by atoms with van der Waals surface area (Å²) >= 11 is 0. The summed E-state index contributed by atoms with van der Waals surface area (Å²) in [6, 6.07) is 0. The molecule has 1 saturated carbocycles. The molecule has 1 aliphatic heterocycles. The predicted molar refractivity (Wildman–Crippen MR) is 65.6 cm³/mol. The molecule has 17 heavy (non-hydrogen) atoms. The molecule has 1 atom stereocenters. The largest absolute Gasteiger partial charge is 0.348 e. The van der Waals surface area contributed by atoms with E-state index in [2.05, 4.69) is 13.8 Å². The van der Waals surface area contributed by atoms with Crippen molar-refractivity contribution in [2.45, 2.75) is 53.2 Å². The van der Waals surface area contributed by atoms with Gasteiger partial charge in [-0.15, -0.1) is 0 Å². The molecule has 3 nitrogen and oxygen atoms in total. The maximum Gasteiger partial charge on any atom is 0.180 e. The van der Waals surface area contributed by atoms with Crippen LogP contribution in [-0.4, -0.2) is 24.8 Å². The summed E-state index contributed by atoms with van der Waals surface area (Å²) in [5.41, 5.74) is -0.491. The quantitative estimate of drug-likeness (QED) is 0.653. The van der Waals surface area contributed by atoms with Gasteiger partial charge in [-0.3, -0.25) is 4.79 Å². The van der Waals surface area contributed by atoms with Crippen LogP contribution >= 0.6 is 0 Å². The summed E-state index contributed by atoms with van der Waals surface area (Å²) < 4.78 is 12.0. The minimum atomic E-state index is -0.688. The van der Waals surface area contributed by atoms with Crippen molar-refractivity contribution in [1.29, 1.82) is 0 Å². The average molecular weight is 240 g/mol. The van der Waals surface area contributed by atoms with Gasteiger partial charge in [0.1, 0.15) is 5.78 Å². The molecular weight excluding hydrogens is 216 g/mol. The Balaban J connectivity index is 2.24. The number of ether oxygens (including phenoxy) is 2. The van der Waals surface area contributed by atoms with Crippen LogP contribution in [0.4, 0.5) is 0 Å². The van der Waals surface area contributed by atoms with Gasteiger partial charge in [-0.1, -0.05) is 20.8 Å². The zero-order chi connectivity index (χ0) is 12.9. The van der Waals surface area contributed by atoms with E-state index < -0.39 is 11.2 Å². The van der Waals surface area contributed by atoms with Gasteiger partial charge < -0.3 is 9.47 Å². The normalized spacial score (nSPS) is 34.9. The lowest BCUT2D eigenvalue weighted by Crippen LogP contribution is -2.62. The third-order valence-corrected chi connectivity index (χ3v) is 4.31. The molecule has 3 heteroatoms. The van der Waals surface area contributed by atoms with Crippen LogP contribution in [0.5, 0.6) is 0 Å². The van der Waals surface area contributed by atoms with Crippen LogP contribution in [-0.2, 0) is 14.3 Å². The third-order valence-electron chi connectivity index (χ3n) is 4.31. The highest BCUT2D eigenvalue weighted by molar-refractivity contribution is 5.88. The molecule has 1 spiro atoms. The van der Waals surface area contributed by atoms with Crippen molar-refractivity contribution in [3.8, 4) is 0 Å². The van der Waals surface area contributed by atoms with Gasteiger partial charge in [0.05, 0.1) is 18.6 Å². The first kappa shape index (κ1) is 13.0. The summed E-state index contributed by atoms with van der Waals surface area (Å²) in [5.74, 6) is -0.298. The first-order valence-electron chi connectivity index (χ1n) is 6.52. The molecule has 0 N–H and O–H groups in total. The van der Waals surface area contributed by atoms with Gasteiger partial charge >= 0.3 is 0 Å². The first-order valence-corrected chi connectivity index (χ1v) is 6.52. The zero-order valence-electron chi connectivity index (χ0n) is 11.6. The molecule has 0 aromatic carbocycles. The number of carbonyl (C=O) groups excluding carboxylic acids is 1. The summed E-state index contributed by atoms with van der Waals surface area (Å²) in [6.45, 7) is 11.5. The van der Waals surface area contributed by atoms with Crippen LogP contribution in [0, 0.1) is 16.7 Å². The monoisotopic (exact) mass is 240 g/mol. The SMILES string of the molecule is CC1CCC2(OCC(C)(C)CO2)C(C)(C)C1=O. The third kappa shape index (κ3) is 1.93. The molecular formula is C14H24O3. The van der Waals surface area contributed by atoms with Gasteiger partial charge in [-0.05, 0) is 20.3 Å². The van der Waals surface area contributed by atoms with Crippen molar-refractivity contribution < 1.29 is 14.3 Å². The molecule has 2 aliphatic rings. The Kier molecular flexibility index (Phi) is 2.91. The summed E-state index contributed by atoms with van der Waals surface area (Å²) in [4.78, 5) is 12.3. The minimum absolute atomic E-state index is 0.0490. The molecule has 1 heterocycles. The maximum absolute atomic E-state index is 12.3. The Morgan fingerprint density at radius 1 is 1.12 bits per heavy atom. The second kappa shape index (κ2) is 3.79. The fourth-order valence-corrected chi connectivity index (χ4v) is 2.87. The van der Waals surface area contributed by atoms with E-state index in [4.69, 9.17) is 9.47 Å². The van der Waals surface area contributed by atoms with E-state index in [1.54, 1.807) is 0 Å². The van der Waals surface area contributed by atoms with Crippen LogP contribution in [0.3, 0.4) is 0 Å². The van der Waals surface area contributed by atoms with Crippen molar-refractivity contribution in [2.24, 2.45) is 16.7 Å². The number of hydrogen-bond donors (Lipinski definition) is 0. The van der Waals surface area contributed by atoms with Crippen LogP contribution < -0.4 is 0 Å². The fourth-order valence-electron chi connectivity index (χ4n) is 2.87. The lowest BCUT2D eigenvalue weighted by molar-refractivity contribution is -0.344. The van der Waals surface area contributed by atoms with Crippen molar-refractivity contribution >= 4 is 5.78 Å². The number of hydrogen-bond acceptors (Lipinski definition) is 3. The molecule has 2 rings (SSSR count). The van der Waals surface area contributed by atoms with Gasteiger partial charge in [-0.25, -0.2) is 0 Å². The second-order valence-electron chi connectivity index (χ2n) is 6.92. The van der Waals surface area contributed by atoms with Gasteiger partial charge in [0.15, 0.2) is 5.79 Å². The highest BCUT2D eigenvalue weighted by Crippen LogP contribution is 2.49. The van der Waals surface area contributed by atoms with Gasteiger partial charge in [0.25, 0.3) is 0 Å². The van der Waals surface area contributed by atoms with Gasteiger partial charge in [0.2, 0.25) is 0 Å². The minimum Gasteiger partial charge on any atom is -0.348 e. The van der Waals surface area contributed by atoms with E-state index in [-0.39, 0.29) is 17.1 Å². The Labute approximate surface area is 104 Å². The molecule has 1 unspecified atom stereocenters. The Hall–Kier alpha value is -0.410. The fraction of sp³-hybridized carbons (Fsp3) is 0.929. The van der Waals surface area contributed by atoms with Gasteiger partial charge in [0, 0.05) is 17.8 Å². The van der Waals surface area contributed by atoms with Crippen LogP contribution in [0.15, 0.2) is 0 Å². The van der Waals surface area contributed by atoms with E-state index in [1.807, 2.05) is 20.8 Å². The molecule has 1 saturated heterocycles. The first-order chi connectivity index (χ1) is 7.70. The van der Waals surface area contributed by atoms with Crippen molar-refractivity contribution in [3.63, 3.8) is 0 Å². The molecule has 2 fully saturated rings.